The van der Waals surface area contributed by atoms with E-state index in [1.54, 1.807) is 24.4 Å². The molecule has 1 aliphatic carbocycles. The van der Waals surface area contributed by atoms with Crippen LogP contribution in [0.1, 0.15) is 22.8 Å². The highest BCUT2D eigenvalue weighted by Gasteiger charge is 2.34. The van der Waals surface area contributed by atoms with E-state index in [0.717, 1.165) is 0 Å². The van der Waals surface area contributed by atoms with E-state index < -0.39 is 27.6 Å². The van der Waals surface area contributed by atoms with Crippen LogP contribution < -0.4 is 5.32 Å². The number of methoxy groups -OCH3 is 2. The lowest BCUT2D eigenvalue weighted by Crippen LogP contribution is -2.26. The molecule has 3 N–H and O–H groups in total. The molecule has 1 aliphatic rings. The van der Waals surface area contributed by atoms with Crippen LogP contribution in [0.3, 0.4) is 0 Å². The Labute approximate surface area is 201 Å². The quantitative estimate of drug-likeness (QED) is 0.391. The Hall–Kier alpha value is -4.03. The molecule has 1 amide bonds. The van der Waals surface area contributed by atoms with E-state index in [2.05, 4.69) is 10.3 Å². The number of amides is 1. The predicted octanol–water partition coefficient (Wildman–Crippen LogP) is 2.06. The van der Waals surface area contributed by atoms with Crippen molar-refractivity contribution in [3.63, 3.8) is 0 Å². The number of aromatic hydroxyl groups is 1. The summed E-state index contributed by atoms with van der Waals surface area (Å²) in [5.41, 5.74) is 1.55. The van der Waals surface area contributed by atoms with Gasteiger partial charge < -0.3 is 19.9 Å². The van der Waals surface area contributed by atoms with Gasteiger partial charge in [0, 0.05) is 23.8 Å². The van der Waals surface area contributed by atoms with Gasteiger partial charge in [0.05, 0.1) is 37.9 Å². The van der Waals surface area contributed by atoms with Crippen LogP contribution in [0.5, 0.6) is 5.75 Å². The molecule has 2 aromatic rings. The predicted molar refractivity (Wildman–Crippen MR) is 125 cm³/mol. The van der Waals surface area contributed by atoms with Gasteiger partial charge in [0.1, 0.15) is 5.75 Å². The van der Waals surface area contributed by atoms with Gasteiger partial charge in [0.2, 0.25) is 23.1 Å². The van der Waals surface area contributed by atoms with Crippen LogP contribution in [0.25, 0.3) is 0 Å². The number of ketones is 2. The van der Waals surface area contributed by atoms with Gasteiger partial charge in [-0.3, -0.25) is 23.9 Å². The van der Waals surface area contributed by atoms with E-state index in [-0.39, 0.29) is 40.4 Å². The second-order valence-electron chi connectivity index (χ2n) is 7.29. The minimum absolute atomic E-state index is 0.0317. The Morgan fingerprint density at radius 3 is 2.23 bits per heavy atom. The van der Waals surface area contributed by atoms with Gasteiger partial charge in [-0.15, -0.1) is 0 Å². The molecule has 0 spiro atoms. The van der Waals surface area contributed by atoms with Gasteiger partial charge in [-0.1, -0.05) is 6.07 Å². The van der Waals surface area contributed by atoms with Gasteiger partial charge in [-0.25, -0.2) is 0 Å². The summed E-state index contributed by atoms with van der Waals surface area (Å²) in [5, 5.41) is 12.8. The molecule has 11 nitrogen and oxygen atoms in total. The Morgan fingerprint density at radius 1 is 1.09 bits per heavy atom. The molecular formula is C23H24N2O9S. The molecular weight excluding hydrogens is 480 g/mol. The summed E-state index contributed by atoms with van der Waals surface area (Å²) >= 11 is 0. The maximum absolute atomic E-state index is 12.8. The number of pyridine rings is 1. The van der Waals surface area contributed by atoms with Crippen LogP contribution in [-0.4, -0.2) is 61.0 Å². The number of Topliss-reactive ketones (excluding diaryl/α,β-unsaturated/α-hetero) is 2. The summed E-state index contributed by atoms with van der Waals surface area (Å²) in [6.45, 7) is 1.54. The summed E-state index contributed by atoms with van der Waals surface area (Å²) < 4.78 is 36.0. The number of hydrogen-bond acceptors (Lipinski definition) is 9. The average Bonchev–Trinajstić information content (AvgIpc) is 2.79. The topological polar surface area (TPSA) is 169 Å². The number of rotatable bonds is 6. The highest BCUT2D eigenvalue weighted by Crippen LogP contribution is 2.29. The third-order valence-electron chi connectivity index (χ3n) is 4.70. The third-order valence-corrected chi connectivity index (χ3v) is 4.70. The molecule has 0 unspecified atom stereocenters. The maximum atomic E-state index is 12.8. The Morgan fingerprint density at radius 2 is 1.69 bits per heavy atom. The normalized spacial score (nSPS) is 13.7. The molecule has 0 atom stereocenters. The first-order valence-corrected chi connectivity index (χ1v) is 11.8. The number of anilines is 1. The van der Waals surface area contributed by atoms with Crippen LogP contribution in [0.15, 0.2) is 65.4 Å². The Kier molecular flexibility index (Phi) is 8.87. The van der Waals surface area contributed by atoms with E-state index >= 15 is 0 Å². The maximum Gasteiger partial charge on any atom is 0.261 e. The number of ether oxygens (including phenoxy) is 2. The Bertz CT molecular complexity index is 1310. The van der Waals surface area contributed by atoms with Crippen molar-refractivity contribution in [1.29, 1.82) is 0 Å². The summed E-state index contributed by atoms with van der Waals surface area (Å²) in [6, 6.07) is 7.75. The average molecular weight is 505 g/mol. The van der Waals surface area contributed by atoms with Gasteiger partial charge in [0.15, 0.2) is 0 Å². The van der Waals surface area contributed by atoms with Crippen molar-refractivity contribution in [1.82, 2.24) is 4.98 Å². The van der Waals surface area contributed by atoms with Crippen LogP contribution in [-0.2, 0) is 35.6 Å². The van der Waals surface area contributed by atoms with E-state index in [0.29, 0.717) is 17.5 Å². The van der Waals surface area contributed by atoms with Crippen molar-refractivity contribution >= 4 is 33.3 Å². The van der Waals surface area contributed by atoms with E-state index in [4.69, 9.17) is 14.0 Å². The lowest BCUT2D eigenvalue weighted by Gasteiger charge is -2.20. The van der Waals surface area contributed by atoms with E-state index in [1.807, 2.05) is 0 Å². The largest absolute Gasteiger partial charge is 0.507 e. The van der Waals surface area contributed by atoms with Crippen molar-refractivity contribution < 1.29 is 41.9 Å². The van der Waals surface area contributed by atoms with Gasteiger partial charge in [0.25, 0.3) is 16.0 Å². The molecule has 1 heterocycles. The molecule has 1 aromatic carbocycles. The smallest absolute Gasteiger partial charge is 0.261 e. The zero-order valence-electron chi connectivity index (χ0n) is 19.4. The van der Waals surface area contributed by atoms with Crippen LogP contribution in [0, 0.1) is 0 Å². The van der Waals surface area contributed by atoms with Crippen molar-refractivity contribution in [2.75, 3.05) is 25.8 Å². The molecule has 12 heteroatoms. The summed E-state index contributed by atoms with van der Waals surface area (Å²) in [4.78, 5) is 41.8. The first-order valence-electron chi connectivity index (χ1n) is 9.94. The fraction of sp³-hybridized carbons (Fsp3) is 0.217. The second-order valence-corrected chi connectivity index (χ2v) is 8.75. The van der Waals surface area contributed by atoms with Crippen LogP contribution in [0.2, 0.25) is 0 Å². The highest BCUT2D eigenvalue weighted by molar-refractivity contribution is 7.85. The lowest BCUT2D eigenvalue weighted by atomic mass is 9.88. The molecule has 0 saturated heterocycles. The second kappa shape index (κ2) is 11.4. The first-order chi connectivity index (χ1) is 16.4. The van der Waals surface area contributed by atoms with Crippen molar-refractivity contribution in [2.24, 2.45) is 0 Å². The molecule has 1 aromatic heterocycles. The van der Waals surface area contributed by atoms with E-state index in [9.17, 15) is 27.9 Å². The lowest BCUT2D eigenvalue weighted by molar-refractivity contribution is -0.121. The molecule has 35 heavy (non-hydrogen) atoms. The number of nitrogens with zero attached hydrogens (tertiary/aromatic N) is 1. The monoisotopic (exact) mass is 504 g/mol. The summed E-state index contributed by atoms with van der Waals surface area (Å²) in [7, 11) is -1.08. The Balaban J connectivity index is 0.000000784. The fourth-order valence-electron chi connectivity index (χ4n) is 3.12. The fourth-order valence-corrected chi connectivity index (χ4v) is 3.12. The number of phenols is 1. The number of carbonyl (C=O) groups is 3. The minimum Gasteiger partial charge on any atom is -0.507 e. The van der Waals surface area contributed by atoms with Gasteiger partial charge in [-0.2, -0.15) is 8.42 Å². The third kappa shape index (κ3) is 7.22. The number of phenolic OH excluding ortho intramolecular Hbond substituents is 1. The van der Waals surface area contributed by atoms with Crippen LogP contribution in [0.4, 0.5) is 5.69 Å². The number of carbonyl (C=O) groups excluding carboxylic acids is 3. The first kappa shape index (κ1) is 27.2. The standard InChI is InChI=1S/C22H20N2O6.CH4O3S/c1-12-15(19(27)21(30-3)20(29-2)18(12)26)9-13-6-7-17(25)16(10-13)22(28)24-14-5-4-8-23-11-14;1-5(2,3)4/h4-8,10-11,25H,9H2,1-3H3,(H,24,28);1H3,(H,2,3,4). The van der Waals surface area contributed by atoms with Gasteiger partial charge >= 0.3 is 0 Å². The van der Waals surface area contributed by atoms with Crippen LogP contribution >= 0.6 is 0 Å². The molecule has 0 saturated carbocycles. The number of nitrogens with one attached hydrogen (secondary N) is 1. The molecule has 0 radical (unpaired) electrons. The van der Waals surface area contributed by atoms with E-state index in [1.165, 1.54) is 39.5 Å². The number of benzene rings is 1. The van der Waals surface area contributed by atoms with Crippen molar-refractivity contribution in [2.45, 2.75) is 13.3 Å². The summed E-state index contributed by atoms with van der Waals surface area (Å²) in [6.07, 6.45) is 3.84. The number of hydrogen-bond donors (Lipinski definition) is 3. The molecule has 186 valence electrons. The van der Waals surface area contributed by atoms with Crippen molar-refractivity contribution in [3.05, 3.63) is 76.5 Å². The number of allylic oxidation sites excluding steroid dienone is 2. The molecule has 3 rings (SSSR count). The summed E-state index contributed by atoms with van der Waals surface area (Å²) in [5.74, 6) is -1.92. The number of aromatic nitrogens is 1. The van der Waals surface area contributed by atoms with Crippen molar-refractivity contribution in [3.8, 4) is 5.75 Å². The minimum atomic E-state index is -3.67. The molecule has 0 aliphatic heterocycles. The zero-order valence-corrected chi connectivity index (χ0v) is 20.2. The van der Waals surface area contributed by atoms with Gasteiger partial charge in [-0.05, 0) is 36.8 Å². The molecule has 0 fully saturated rings. The molecule has 0 bridgehead atoms. The SMILES string of the molecule is COC1=C(OC)C(=O)C(Cc2ccc(O)c(C(=O)Nc3cccnc3)c2)=C(C)C1=O.CS(=O)(=O)O. The highest BCUT2D eigenvalue weighted by atomic mass is 32.2. The zero-order chi connectivity index (χ0) is 26.3.